The summed E-state index contributed by atoms with van der Waals surface area (Å²) in [5.74, 6) is -0.799. The zero-order valence-corrected chi connectivity index (χ0v) is 10.6. The van der Waals surface area contributed by atoms with Crippen molar-refractivity contribution >= 4 is 5.97 Å². The summed E-state index contributed by atoms with van der Waals surface area (Å²) in [5, 5.41) is 8.81. The molecule has 0 saturated heterocycles. The molecule has 2 heteroatoms. The van der Waals surface area contributed by atoms with E-state index >= 15 is 0 Å². The van der Waals surface area contributed by atoms with Gasteiger partial charge in [0.25, 0.3) is 0 Å². The number of carboxylic acid groups (broad SMARTS) is 1. The van der Waals surface area contributed by atoms with E-state index in [1.807, 2.05) is 24.3 Å². The van der Waals surface area contributed by atoms with Gasteiger partial charge in [0.1, 0.15) is 0 Å². The molecule has 2 nitrogen and oxygen atoms in total. The molecule has 1 N–H and O–H groups in total. The number of hydrogen-bond donors (Lipinski definition) is 1. The summed E-state index contributed by atoms with van der Waals surface area (Å²) < 4.78 is 0. The quantitative estimate of drug-likeness (QED) is 0.890. The second kappa shape index (κ2) is 5.05. The van der Waals surface area contributed by atoms with Crippen molar-refractivity contribution in [2.75, 3.05) is 0 Å². The van der Waals surface area contributed by atoms with Crippen LogP contribution in [0.5, 0.6) is 0 Å². The van der Waals surface area contributed by atoms with Gasteiger partial charge in [0.2, 0.25) is 0 Å². The van der Waals surface area contributed by atoms with Crippen molar-refractivity contribution in [2.24, 2.45) is 0 Å². The first-order valence-corrected chi connectivity index (χ1v) is 5.94. The van der Waals surface area contributed by atoms with Crippen molar-refractivity contribution in [2.45, 2.75) is 20.3 Å². The Morgan fingerprint density at radius 1 is 1.00 bits per heavy atom. The van der Waals surface area contributed by atoms with Gasteiger partial charge in [-0.25, -0.2) is 0 Å². The first kappa shape index (κ1) is 12.4. The van der Waals surface area contributed by atoms with Gasteiger partial charge in [0, 0.05) is 0 Å². The second-order valence-corrected chi connectivity index (χ2v) is 4.57. The van der Waals surface area contributed by atoms with E-state index < -0.39 is 5.97 Å². The minimum Gasteiger partial charge on any atom is -0.481 e. The average molecular weight is 240 g/mol. The fourth-order valence-electron chi connectivity index (χ4n) is 1.96. The van der Waals surface area contributed by atoms with Crippen LogP contribution in [0, 0.1) is 13.8 Å². The molecule has 92 valence electrons. The van der Waals surface area contributed by atoms with Crippen LogP contribution in [0.3, 0.4) is 0 Å². The number of rotatable bonds is 3. The smallest absolute Gasteiger partial charge is 0.307 e. The van der Waals surface area contributed by atoms with E-state index in [0.29, 0.717) is 0 Å². The summed E-state index contributed by atoms with van der Waals surface area (Å²) in [6.07, 6.45) is 0.0681. The highest BCUT2D eigenvalue weighted by Crippen LogP contribution is 2.23. The van der Waals surface area contributed by atoms with Gasteiger partial charge in [-0.05, 0) is 41.7 Å². The Morgan fingerprint density at radius 3 is 2.39 bits per heavy atom. The molecule has 0 amide bonds. The van der Waals surface area contributed by atoms with Crippen molar-refractivity contribution in [1.29, 1.82) is 0 Å². The molecule has 0 aliphatic carbocycles. The molecule has 0 bridgehead atoms. The van der Waals surface area contributed by atoms with Crippen LogP contribution in [0.2, 0.25) is 0 Å². The van der Waals surface area contributed by atoms with E-state index in [0.717, 1.165) is 16.7 Å². The lowest BCUT2D eigenvalue weighted by Gasteiger charge is -2.07. The van der Waals surface area contributed by atoms with Crippen LogP contribution in [0.4, 0.5) is 0 Å². The number of carbonyl (C=O) groups is 1. The predicted molar refractivity (Wildman–Crippen MR) is 72.7 cm³/mol. The van der Waals surface area contributed by atoms with Crippen LogP contribution in [0.1, 0.15) is 16.7 Å². The van der Waals surface area contributed by atoms with Gasteiger partial charge in [-0.15, -0.1) is 0 Å². The van der Waals surface area contributed by atoms with E-state index in [1.165, 1.54) is 11.1 Å². The number of aliphatic carboxylic acids is 1. The largest absolute Gasteiger partial charge is 0.481 e. The van der Waals surface area contributed by atoms with Crippen LogP contribution < -0.4 is 0 Å². The van der Waals surface area contributed by atoms with Crippen molar-refractivity contribution in [3.05, 3.63) is 59.2 Å². The van der Waals surface area contributed by atoms with Gasteiger partial charge < -0.3 is 5.11 Å². The topological polar surface area (TPSA) is 37.3 Å². The first-order chi connectivity index (χ1) is 8.56. The predicted octanol–water partition coefficient (Wildman–Crippen LogP) is 3.60. The second-order valence-electron chi connectivity index (χ2n) is 4.57. The molecule has 0 aromatic heterocycles. The van der Waals surface area contributed by atoms with Crippen molar-refractivity contribution < 1.29 is 9.90 Å². The van der Waals surface area contributed by atoms with Crippen molar-refractivity contribution in [3.8, 4) is 11.1 Å². The van der Waals surface area contributed by atoms with Crippen LogP contribution in [-0.4, -0.2) is 11.1 Å². The molecule has 0 fully saturated rings. The molecule has 18 heavy (non-hydrogen) atoms. The Hall–Kier alpha value is -2.09. The highest BCUT2D eigenvalue weighted by Gasteiger charge is 2.04. The van der Waals surface area contributed by atoms with E-state index in [4.69, 9.17) is 5.11 Å². The molecule has 2 rings (SSSR count). The SMILES string of the molecule is Cc1ccc(-c2cccc(CC(=O)O)c2)cc1C. The summed E-state index contributed by atoms with van der Waals surface area (Å²) in [5.41, 5.74) is 5.54. The summed E-state index contributed by atoms with van der Waals surface area (Å²) >= 11 is 0. The van der Waals surface area contributed by atoms with Gasteiger partial charge in [0.15, 0.2) is 0 Å². The summed E-state index contributed by atoms with van der Waals surface area (Å²) in [4.78, 5) is 10.7. The van der Waals surface area contributed by atoms with Crippen LogP contribution >= 0.6 is 0 Å². The molecular weight excluding hydrogens is 224 g/mol. The normalized spacial score (nSPS) is 10.3. The molecule has 0 heterocycles. The van der Waals surface area contributed by atoms with E-state index in [9.17, 15) is 4.79 Å². The molecule has 0 aliphatic heterocycles. The third-order valence-electron chi connectivity index (χ3n) is 3.12. The third kappa shape index (κ3) is 2.77. The number of benzene rings is 2. The van der Waals surface area contributed by atoms with Crippen molar-refractivity contribution in [1.82, 2.24) is 0 Å². The Morgan fingerprint density at radius 2 is 1.72 bits per heavy atom. The lowest BCUT2D eigenvalue weighted by atomic mass is 9.98. The number of carboxylic acids is 1. The first-order valence-electron chi connectivity index (χ1n) is 5.94. The molecule has 0 radical (unpaired) electrons. The van der Waals surface area contributed by atoms with E-state index in [1.54, 1.807) is 0 Å². The van der Waals surface area contributed by atoms with Crippen LogP contribution in [-0.2, 0) is 11.2 Å². The Kier molecular flexibility index (Phi) is 3.47. The minimum atomic E-state index is -0.799. The standard InChI is InChI=1S/C16H16O2/c1-11-6-7-15(8-12(11)2)14-5-3-4-13(9-14)10-16(17)18/h3-9H,10H2,1-2H3,(H,17,18). The average Bonchev–Trinajstić information content (AvgIpc) is 2.32. The molecule has 0 atom stereocenters. The Labute approximate surface area is 107 Å². The van der Waals surface area contributed by atoms with E-state index in [2.05, 4.69) is 32.0 Å². The maximum atomic E-state index is 10.7. The lowest BCUT2D eigenvalue weighted by molar-refractivity contribution is -0.136. The fourth-order valence-corrected chi connectivity index (χ4v) is 1.96. The number of aryl methyl sites for hydroxylation is 2. The molecule has 2 aromatic rings. The fraction of sp³-hybridized carbons (Fsp3) is 0.188. The maximum absolute atomic E-state index is 10.7. The maximum Gasteiger partial charge on any atom is 0.307 e. The molecule has 0 aliphatic rings. The molecule has 2 aromatic carbocycles. The van der Waals surface area contributed by atoms with Crippen LogP contribution in [0.15, 0.2) is 42.5 Å². The highest BCUT2D eigenvalue weighted by molar-refractivity contribution is 5.72. The van der Waals surface area contributed by atoms with Crippen molar-refractivity contribution in [3.63, 3.8) is 0 Å². The zero-order chi connectivity index (χ0) is 13.1. The summed E-state index contributed by atoms with van der Waals surface area (Å²) in [6.45, 7) is 4.17. The molecule has 0 spiro atoms. The van der Waals surface area contributed by atoms with Gasteiger partial charge in [-0.3, -0.25) is 4.79 Å². The summed E-state index contributed by atoms with van der Waals surface area (Å²) in [7, 11) is 0. The molecule has 0 unspecified atom stereocenters. The molecule has 0 saturated carbocycles. The Balaban J connectivity index is 2.38. The van der Waals surface area contributed by atoms with Gasteiger partial charge >= 0.3 is 5.97 Å². The summed E-state index contributed by atoms with van der Waals surface area (Å²) in [6, 6.07) is 14.0. The molecular formula is C16H16O2. The Bertz CT molecular complexity index is 585. The van der Waals surface area contributed by atoms with Gasteiger partial charge in [-0.2, -0.15) is 0 Å². The number of hydrogen-bond acceptors (Lipinski definition) is 1. The zero-order valence-electron chi connectivity index (χ0n) is 10.6. The lowest BCUT2D eigenvalue weighted by Crippen LogP contribution is -1.99. The highest BCUT2D eigenvalue weighted by atomic mass is 16.4. The monoisotopic (exact) mass is 240 g/mol. The minimum absolute atomic E-state index is 0.0681. The van der Waals surface area contributed by atoms with E-state index in [-0.39, 0.29) is 6.42 Å². The van der Waals surface area contributed by atoms with Gasteiger partial charge in [0.05, 0.1) is 6.42 Å². The van der Waals surface area contributed by atoms with Crippen LogP contribution in [0.25, 0.3) is 11.1 Å². The third-order valence-corrected chi connectivity index (χ3v) is 3.12. The van der Waals surface area contributed by atoms with Gasteiger partial charge in [-0.1, -0.05) is 42.5 Å².